The maximum atomic E-state index is 5.64. The minimum atomic E-state index is 0.0308. The third kappa shape index (κ3) is 4.58. The first-order valence-corrected chi connectivity index (χ1v) is 9.76. The molecule has 2 heteroatoms. The van der Waals surface area contributed by atoms with Crippen LogP contribution in [0.2, 0.25) is 0 Å². The van der Waals surface area contributed by atoms with Crippen molar-refractivity contribution in [2.24, 2.45) is 17.8 Å². The topological polar surface area (TPSA) is 18.5 Å². The van der Waals surface area contributed by atoms with E-state index in [1.54, 1.807) is 5.57 Å². The van der Waals surface area contributed by atoms with E-state index in [0.29, 0.717) is 0 Å². The average Bonchev–Trinajstić information content (AvgIpc) is 2.61. The smallest absolute Gasteiger partial charge is 0.160 e. The molecular weight excluding hydrogens is 272 g/mol. The largest absolute Gasteiger partial charge is 0.352 e. The van der Waals surface area contributed by atoms with Gasteiger partial charge in [-0.15, -0.1) is 0 Å². The molecule has 0 bridgehead atoms. The molecular formula is C20H34O2. The maximum absolute atomic E-state index is 5.64. The highest BCUT2D eigenvalue weighted by atomic mass is 16.7. The second-order valence-electron chi connectivity index (χ2n) is 7.65. The highest BCUT2D eigenvalue weighted by Gasteiger charge is 2.28. The highest BCUT2D eigenvalue weighted by molar-refractivity contribution is 5.06. The molecule has 0 N–H and O–H groups in total. The molecule has 0 atom stereocenters. The summed E-state index contributed by atoms with van der Waals surface area (Å²) in [5.41, 5.74) is 1.66. The Hall–Kier alpha value is -0.340. The van der Waals surface area contributed by atoms with E-state index >= 15 is 0 Å². The van der Waals surface area contributed by atoms with Gasteiger partial charge in [0.05, 0.1) is 13.2 Å². The monoisotopic (exact) mass is 306 g/mol. The molecule has 0 unspecified atom stereocenters. The normalized spacial score (nSPS) is 34.6. The van der Waals surface area contributed by atoms with Crippen LogP contribution in [0.15, 0.2) is 11.6 Å². The van der Waals surface area contributed by atoms with Gasteiger partial charge in [0.25, 0.3) is 0 Å². The van der Waals surface area contributed by atoms with Crippen molar-refractivity contribution in [3.8, 4) is 0 Å². The van der Waals surface area contributed by atoms with Crippen LogP contribution in [0, 0.1) is 17.8 Å². The zero-order valence-corrected chi connectivity index (χ0v) is 14.4. The van der Waals surface area contributed by atoms with Crippen molar-refractivity contribution < 1.29 is 9.47 Å². The predicted molar refractivity (Wildman–Crippen MR) is 90.7 cm³/mol. The Morgan fingerprint density at radius 1 is 0.909 bits per heavy atom. The van der Waals surface area contributed by atoms with Crippen LogP contribution in [-0.4, -0.2) is 19.5 Å². The van der Waals surface area contributed by atoms with E-state index in [9.17, 15) is 0 Å². The second kappa shape index (κ2) is 8.49. The van der Waals surface area contributed by atoms with E-state index in [4.69, 9.17) is 9.47 Å². The van der Waals surface area contributed by atoms with Crippen LogP contribution < -0.4 is 0 Å². The van der Waals surface area contributed by atoms with E-state index in [2.05, 4.69) is 13.0 Å². The third-order valence-electron chi connectivity index (χ3n) is 6.30. The molecule has 0 aromatic rings. The third-order valence-corrected chi connectivity index (χ3v) is 6.30. The van der Waals surface area contributed by atoms with Crippen molar-refractivity contribution in [1.29, 1.82) is 0 Å². The molecule has 1 heterocycles. The summed E-state index contributed by atoms with van der Waals surface area (Å²) in [5.74, 6) is 3.08. The lowest BCUT2D eigenvalue weighted by molar-refractivity contribution is -0.175. The summed E-state index contributed by atoms with van der Waals surface area (Å²) in [6.07, 6.45) is 17.4. The van der Waals surface area contributed by atoms with Crippen molar-refractivity contribution in [2.75, 3.05) is 13.2 Å². The fraction of sp³-hybridized carbons (Fsp3) is 0.900. The molecule has 0 aromatic heterocycles. The number of ether oxygens (including phenoxy) is 2. The first-order chi connectivity index (χ1) is 10.8. The standard InChI is InChI=1S/C20H34O2/c1-2-16-4-9-18(10-5-16)19-11-6-17(7-12-19)8-13-20-21-14-3-15-22-20/h8,16,18-20H,2-7,9-15H2,1H3/t16-,18-,19?. The summed E-state index contributed by atoms with van der Waals surface area (Å²) in [6.45, 7) is 4.11. The molecule has 1 saturated heterocycles. The van der Waals surface area contributed by atoms with Crippen LogP contribution in [0.3, 0.4) is 0 Å². The van der Waals surface area contributed by atoms with E-state index in [-0.39, 0.29) is 6.29 Å². The van der Waals surface area contributed by atoms with E-state index in [1.165, 1.54) is 57.8 Å². The first-order valence-electron chi connectivity index (χ1n) is 9.76. The molecule has 22 heavy (non-hydrogen) atoms. The van der Waals surface area contributed by atoms with Gasteiger partial charge in [-0.05, 0) is 62.7 Å². The molecule has 3 fully saturated rings. The second-order valence-corrected chi connectivity index (χ2v) is 7.65. The van der Waals surface area contributed by atoms with Gasteiger partial charge >= 0.3 is 0 Å². The molecule has 2 aliphatic carbocycles. The van der Waals surface area contributed by atoms with Gasteiger partial charge < -0.3 is 9.47 Å². The van der Waals surface area contributed by atoms with Crippen LogP contribution in [0.1, 0.15) is 77.6 Å². The van der Waals surface area contributed by atoms with Crippen molar-refractivity contribution >= 4 is 0 Å². The van der Waals surface area contributed by atoms with Gasteiger partial charge in [-0.25, -0.2) is 0 Å². The molecule has 2 nitrogen and oxygen atoms in total. The molecule has 2 saturated carbocycles. The molecule has 3 rings (SSSR count). The summed E-state index contributed by atoms with van der Waals surface area (Å²) in [6, 6.07) is 0. The Kier molecular flexibility index (Phi) is 6.38. The first kappa shape index (κ1) is 16.5. The predicted octanol–water partition coefficient (Wildman–Crippen LogP) is 5.47. The van der Waals surface area contributed by atoms with Crippen molar-refractivity contribution in [1.82, 2.24) is 0 Å². The zero-order chi connectivity index (χ0) is 15.2. The summed E-state index contributed by atoms with van der Waals surface area (Å²) < 4.78 is 11.3. The molecule has 0 amide bonds. The Morgan fingerprint density at radius 2 is 1.55 bits per heavy atom. The zero-order valence-electron chi connectivity index (χ0n) is 14.4. The lowest BCUT2D eigenvalue weighted by atomic mass is 9.70. The SMILES string of the molecule is CC[C@H]1CC[C@H](C2CCC(=CCC3OCCCO3)CC2)CC1. The van der Waals surface area contributed by atoms with Crippen molar-refractivity contribution in [3.05, 3.63) is 11.6 Å². The number of hydrogen-bond acceptors (Lipinski definition) is 2. The number of hydrogen-bond donors (Lipinski definition) is 0. The van der Waals surface area contributed by atoms with Crippen molar-refractivity contribution in [3.63, 3.8) is 0 Å². The fourth-order valence-corrected chi connectivity index (χ4v) is 4.69. The Labute approximate surface area is 136 Å². The molecule has 0 radical (unpaired) electrons. The van der Waals surface area contributed by atoms with Crippen LogP contribution in [0.4, 0.5) is 0 Å². The van der Waals surface area contributed by atoms with Gasteiger partial charge in [-0.1, -0.05) is 37.8 Å². The van der Waals surface area contributed by atoms with E-state index in [0.717, 1.165) is 43.8 Å². The Balaban J connectivity index is 1.38. The lowest BCUT2D eigenvalue weighted by Crippen LogP contribution is -2.25. The Morgan fingerprint density at radius 3 is 2.18 bits per heavy atom. The average molecular weight is 306 g/mol. The minimum Gasteiger partial charge on any atom is -0.352 e. The lowest BCUT2D eigenvalue weighted by Gasteiger charge is -2.36. The van der Waals surface area contributed by atoms with Gasteiger partial charge in [-0.3, -0.25) is 0 Å². The summed E-state index contributed by atoms with van der Waals surface area (Å²) in [5, 5.41) is 0. The fourth-order valence-electron chi connectivity index (χ4n) is 4.69. The molecule has 1 aliphatic heterocycles. The summed E-state index contributed by atoms with van der Waals surface area (Å²) in [4.78, 5) is 0. The van der Waals surface area contributed by atoms with Gasteiger partial charge in [0.2, 0.25) is 0 Å². The van der Waals surface area contributed by atoms with Gasteiger partial charge in [0, 0.05) is 6.42 Å². The van der Waals surface area contributed by atoms with Crippen LogP contribution in [-0.2, 0) is 9.47 Å². The molecule has 0 spiro atoms. The maximum Gasteiger partial charge on any atom is 0.160 e. The summed E-state index contributed by atoms with van der Waals surface area (Å²) in [7, 11) is 0. The highest BCUT2D eigenvalue weighted by Crippen LogP contribution is 2.41. The van der Waals surface area contributed by atoms with Crippen molar-refractivity contribution in [2.45, 2.75) is 83.8 Å². The number of allylic oxidation sites excluding steroid dienone is 1. The Bertz CT molecular complexity index is 339. The quantitative estimate of drug-likeness (QED) is 0.641. The minimum absolute atomic E-state index is 0.0308. The summed E-state index contributed by atoms with van der Waals surface area (Å²) >= 11 is 0. The van der Waals surface area contributed by atoms with Crippen LogP contribution in [0.25, 0.3) is 0 Å². The van der Waals surface area contributed by atoms with Gasteiger partial charge in [0.1, 0.15) is 0 Å². The van der Waals surface area contributed by atoms with Gasteiger partial charge in [0.15, 0.2) is 6.29 Å². The number of rotatable bonds is 4. The van der Waals surface area contributed by atoms with Crippen LogP contribution >= 0.6 is 0 Å². The molecule has 126 valence electrons. The van der Waals surface area contributed by atoms with Gasteiger partial charge in [-0.2, -0.15) is 0 Å². The molecule has 3 aliphatic rings. The van der Waals surface area contributed by atoms with Crippen LogP contribution in [0.5, 0.6) is 0 Å². The molecule has 0 aromatic carbocycles. The van der Waals surface area contributed by atoms with E-state index in [1.807, 2.05) is 0 Å². The van der Waals surface area contributed by atoms with E-state index < -0.39 is 0 Å².